The van der Waals surface area contributed by atoms with Gasteiger partial charge in [-0.05, 0) is 79.8 Å². The first-order valence-corrected chi connectivity index (χ1v) is 14.7. The smallest absolute Gasteiger partial charge is 0.338 e. The third-order valence-corrected chi connectivity index (χ3v) is 9.55. The van der Waals surface area contributed by atoms with Crippen LogP contribution in [0, 0.1) is 17.8 Å². The second kappa shape index (κ2) is 10.7. The van der Waals surface area contributed by atoms with E-state index in [9.17, 15) is 4.79 Å². The SMILES string of the molecule is Nc1ccc(N2N=C3c4ccc(C(=O)OCCC5CCCCC5)cc4CCC3C2C2CCCC2)cc1Cl. The van der Waals surface area contributed by atoms with Crippen molar-refractivity contribution in [2.45, 2.75) is 83.1 Å². The number of fused-ring (bicyclic) bond motifs is 3. The molecule has 2 aromatic carbocycles. The van der Waals surface area contributed by atoms with Gasteiger partial charge in [0.25, 0.3) is 0 Å². The molecule has 4 aliphatic rings. The molecule has 1 heterocycles. The number of esters is 1. The maximum Gasteiger partial charge on any atom is 0.338 e. The summed E-state index contributed by atoms with van der Waals surface area (Å²) in [6, 6.07) is 12.3. The third kappa shape index (κ3) is 4.99. The highest BCUT2D eigenvalue weighted by Gasteiger charge is 2.45. The molecular weight excluding hydrogens is 482 g/mol. The molecule has 2 saturated carbocycles. The summed E-state index contributed by atoms with van der Waals surface area (Å²) in [6.07, 6.45) is 14.6. The Labute approximate surface area is 225 Å². The van der Waals surface area contributed by atoms with Gasteiger partial charge < -0.3 is 10.5 Å². The predicted molar refractivity (Wildman–Crippen MR) is 150 cm³/mol. The maximum atomic E-state index is 12.8. The average molecular weight is 520 g/mol. The van der Waals surface area contributed by atoms with Gasteiger partial charge in [0.2, 0.25) is 0 Å². The van der Waals surface area contributed by atoms with Gasteiger partial charge in [-0.15, -0.1) is 0 Å². The molecule has 6 rings (SSSR count). The molecule has 5 nitrogen and oxygen atoms in total. The number of carbonyl (C=O) groups is 1. The van der Waals surface area contributed by atoms with Gasteiger partial charge in [0, 0.05) is 11.5 Å². The number of rotatable bonds is 6. The molecule has 2 atom stereocenters. The highest BCUT2D eigenvalue weighted by molar-refractivity contribution is 6.33. The van der Waals surface area contributed by atoms with Crippen LogP contribution in [0.1, 0.15) is 92.1 Å². The molecule has 2 fully saturated rings. The van der Waals surface area contributed by atoms with Crippen molar-refractivity contribution in [3.63, 3.8) is 0 Å². The summed E-state index contributed by atoms with van der Waals surface area (Å²) >= 11 is 6.42. The van der Waals surface area contributed by atoms with Gasteiger partial charge in [-0.3, -0.25) is 5.01 Å². The quantitative estimate of drug-likeness (QED) is 0.319. The fourth-order valence-electron chi connectivity index (χ4n) is 7.23. The van der Waals surface area contributed by atoms with Gasteiger partial charge in [0.15, 0.2) is 0 Å². The van der Waals surface area contributed by atoms with Crippen molar-refractivity contribution in [1.82, 2.24) is 0 Å². The van der Waals surface area contributed by atoms with Crippen molar-refractivity contribution in [3.05, 3.63) is 58.1 Å². The number of anilines is 2. The van der Waals surface area contributed by atoms with E-state index in [1.54, 1.807) is 0 Å². The van der Waals surface area contributed by atoms with E-state index in [0.29, 0.717) is 46.7 Å². The summed E-state index contributed by atoms with van der Waals surface area (Å²) in [5, 5.41) is 8.03. The van der Waals surface area contributed by atoms with Gasteiger partial charge in [-0.2, -0.15) is 5.10 Å². The van der Waals surface area contributed by atoms with Crippen molar-refractivity contribution in [3.8, 4) is 0 Å². The van der Waals surface area contributed by atoms with Crippen LogP contribution in [0.5, 0.6) is 0 Å². The van der Waals surface area contributed by atoms with E-state index in [4.69, 9.17) is 27.2 Å². The van der Waals surface area contributed by atoms with Gasteiger partial charge in [0.1, 0.15) is 0 Å². The van der Waals surface area contributed by atoms with Gasteiger partial charge in [0.05, 0.1) is 40.3 Å². The molecule has 2 N–H and O–H groups in total. The molecule has 0 saturated heterocycles. The molecule has 0 aromatic heterocycles. The standard InChI is InChI=1S/C31H38ClN3O2/c32-27-19-24(12-15-28(27)33)35-30(21-8-4-5-9-21)26-14-10-22-18-23(11-13-25(22)29(26)34-35)31(36)37-17-16-20-6-2-1-3-7-20/h11-13,15,18-21,26,30H,1-10,14,16-17,33H2. The normalized spacial score (nSPS) is 24.0. The Bertz CT molecular complexity index is 1180. The number of nitrogen functional groups attached to an aromatic ring is 1. The Kier molecular flexibility index (Phi) is 7.16. The first kappa shape index (κ1) is 24.8. The zero-order valence-corrected chi connectivity index (χ0v) is 22.4. The molecule has 0 amide bonds. The second-order valence-electron chi connectivity index (χ2n) is 11.5. The van der Waals surface area contributed by atoms with Crippen molar-refractivity contribution < 1.29 is 9.53 Å². The van der Waals surface area contributed by atoms with E-state index in [1.165, 1.54) is 68.9 Å². The predicted octanol–water partition coefficient (Wildman–Crippen LogP) is 7.39. The van der Waals surface area contributed by atoms with Gasteiger partial charge in [-0.25, -0.2) is 4.79 Å². The number of aryl methyl sites for hydroxylation is 1. The Morgan fingerprint density at radius 1 is 1.00 bits per heavy atom. The zero-order chi connectivity index (χ0) is 25.4. The van der Waals surface area contributed by atoms with Crippen LogP contribution in [0.2, 0.25) is 5.02 Å². The van der Waals surface area contributed by atoms with Crippen LogP contribution in [0.15, 0.2) is 41.5 Å². The maximum absolute atomic E-state index is 12.8. The Morgan fingerprint density at radius 3 is 2.57 bits per heavy atom. The lowest BCUT2D eigenvalue weighted by Gasteiger charge is -2.34. The largest absolute Gasteiger partial charge is 0.462 e. The first-order valence-electron chi connectivity index (χ1n) is 14.3. The minimum Gasteiger partial charge on any atom is -0.462 e. The highest BCUT2D eigenvalue weighted by Crippen LogP contribution is 2.45. The van der Waals surface area contributed by atoms with Crippen molar-refractivity contribution >= 4 is 34.7 Å². The topological polar surface area (TPSA) is 67.9 Å². The number of benzene rings is 2. The second-order valence-corrected chi connectivity index (χ2v) is 11.9. The lowest BCUT2D eigenvalue weighted by molar-refractivity contribution is 0.0474. The lowest BCUT2D eigenvalue weighted by atomic mass is 9.75. The van der Waals surface area contributed by atoms with Crippen LogP contribution in [0.4, 0.5) is 11.4 Å². The third-order valence-electron chi connectivity index (χ3n) is 9.22. The number of halogens is 1. The van der Waals surface area contributed by atoms with E-state index in [2.05, 4.69) is 11.1 Å². The number of hydrogen-bond donors (Lipinski definition) is 1. The summed E-state index contributed by atoms with van der Waals surface area (Å²) in [6.45, 7) is 0.525. The van der Waals surface area contributed by atoms with E-state index < -0.39 is 0 Å². The molecule has 1 aliphatic heterocycles. The average Bonchev–Trinajstić information content (AvgIpc) is 3.58. The Morgan fingerprint density at radius 2 is 1.78 bits per heavy atom. The number of hydrogen-bond acceptors (Lipinski definition) is 5. The summed E-state index contributed by atoms with van der Waals surface area (Å²) in [5.41, 5.74) is 11.8. The van der Waals surface area contributed by atoms with E-state index in [-0.39, 0.29) is 5.97 Å². The van der Waals surface area contributed by atoms with Crippen LogP contribution in [0.3, 0.4) is 0 Å². The van der Waals surface area contributed by atoms with Crippen molar-refractivity contribution in [2.24, 2.45) is 22.9 Å². The molecule has 0 radical (unpaired) electrons. The van der Waals surface area contributed by atoms with Gasteiger partial charge in [-0.1, -0.05) is 62.6 Å². The van der Waals surface area contributed by atoms with Gasteiger partial charge >= 0.3 is 5.97 Å². The summed E-state index contributed by atoms with van der Waals surface area (Å²) in [5.74, 6) is 1.54. The minimum atomic E-state index is -0.198. The number of nitrogens with zero attached hydrogens (tertiary/aromatic N) is 2. The van der Waals surface area contributed by atoms with Crippen LogP contribution in [-0.2, 0) is 11.2 Å². The Hall–Kier alpha value is -2.53. The summed E-state index contributed by atoms with van der Waals surface area (Å²) in [7, 11) is 0. The molecule has 2 unspecified atom stereocenters. The van der Waals surface area contributed by atoms with Crippen molar-refractivity contribution in [1.29, 1.82) is 0 Å². The Balaban J connectivity index is 1.22. The first-order chi connectivity index (χ1) is 18.1. The van der Waals surface area contributed by atoms with E-state index in [0.717, 1.165) is 30.7 Å². The van der Waals surface area contributed by atoms with Crippen LogP contribution < -0.4 is 10.7 Å². The summed E-state index contributed by atoms with van der Waals surface area (Å²) in [4.78, 5) is 12.8. The monoisotopic (exact) mass is 519 g/mol. The number of hydrazone groups is 1. The number of ether oxygens (including phenoxy) is 1. The van der Waals surface area contributed by atoms with E-state index >= 15 is 0 Å². The fraction of sp³-hybridized carbons (Fsp3) is 0.548. The number of carbonyl (C=O) groups excluding carboxylic acids is 1. The fourth-order valence-corrected chi connectivity index (χ4v) is 7.41. The summed E-state index contributed by atoms with van der Waals surface area (Å²) < 4.78 is 5.69. The molecule has 196 valence electrons. The molecule has 0 spiro atoms. The molecule has 3 aliphatic carbocycles. The minimum absolute atomic E-state index is 0.198. The molecular formula is C31H38ClN3O2. The van der Waals surface area contributed by atoms with Crippen LogP contribution in [-0.4, -0.2) is 24.3 Å². The molecule has 2 aromatic rings. The zero-order valence-electron chi connectivity index (χ0n) is 21.6. The van der Waals surface area contributed by atoms with Crippen LogP contribution in [0.25, 0.3) is 0 Å². The van der Waals surface area contributed by atoms with E-state index in [1.807, 2.05) is 30.3 Å². The lowest BCUT2D eigenvalue weighted by Crippen LogP contribution is -2.40. The molecule has 6 heteroatoms. The van der Waals surface area contributed by atoms with Crippen LogP contribution >= 0.6 is 11.6 Å². The highest BCUT2D eigenvalue weighted by atomic mass is 35.5. The van der Waals surface area contributed by atoms with Crippen molar-refractivity contribution in [2.75, 3.05) is 17.3 Å². The molecule has 0 bridgehead atoms. The molecule has 37 heavy (non-hydrogen) atoms. The number of nitrogens with two attached hydrogens (primary N) is 1.